The average molecular weight is 255 g/mol. The Morgan fingerprint density at radius 2 is 1.82 bits per heavy atom. The Kier molecular flexibility index (Phi) is 8.60. The monoisotopic (exact) mass is 255 g/mol. The maximum Gasteiger partial charge on any atom is 0.411 e. The van der Waals surface area contributed by atoms with Gasteiger partial charge in [-0.05, 0) is 31.7 Å². The molecular weight excluding hydrogens is 231 g/mol. The van der Waals surface area contributed by atoms with Crippen LogP contribution in [0.4, 0.5) is 13.2 Å². The molecule has 0 aromatic rings. The second-order valence-electron chi connectivity index (χ2n) is 4.75. The van der Waals surface area contributed by atoms with Crippen LogP contribution in [0, 0.1) is 5.92 Å². The first-order valence-electron chi connectivity index (χ1n) is 6.23. The fourth-order valence-electron chi connectivity index (χ4n) is 1.44. The van der Waals surface area contributed by atoms with Crippen LogP contribution in [0.3, 0.4) is 0 Å². The molecule has 0 aliphatic heterocycles. The third-order valence-electron chi connectivity index (χ3n) is 2.36. The van der Waals surface area contributed by atoms with E-state index in [4.69, 9.17) is 4.74 Å². The standard InChI is InChI=1S/C12H24F3NO/c1-4-7-16-11(6-5-10(2)3)8-17-9-12(13,14)15/h10-11,16H,4-9H2,1-3H3. The molecule has 1 atom stereocenters. The van der Waals surface area contributed by atoms with Crippen LogP contribution in [0.25, 0.3) is 0 Å². The van der Waals surface area contributed by atoms with E-state index in [0.29, 0.717) is 5.92 Å². The van der Waals surface area contributed by atoms with Gasteiger partial charge in [0, 0.05) is 6.04 Å². The van der Waals surface area contributed by atoms with Crippen LogP contribution in [0.2, 0.25) is 0 Å². The van der Waals surface area contributed by atoms with Gasteiger partial charge in [-0.3, -0.25) is 0 Å². The molecule has 0 aliphatic carbocycles. The molecule has 0 heterocycles. The molecular formula is C12H24F3NO. The summed E-state index contributed by atoms with van der Waals surface area (Å²) in [6.07, 6.45) is -1.41. The lowest BCUT2D eigenvalue weighted by atomic mass is 10.0. The minimum Gasteiger partial charge on any atom is -0.370 e. The van der Waals surface area contributed by atoms with Gasteiger partial charge >= 0.3 is 6.18 Å². The molecule has 0 spiro atoms. The highest BCUT2D eigenvalue weighted by atomic mass is 19.4. The fraction of sp³-hybridized carbons (Fsp3) is 1.00. The Morgan fingerprint density at radius 1 is 1.18 bits per heavy atom. The zero-order valence-electron chi connectivity index (χ0n) is 10.9. The van der Waals surface area contributed by atoms with Gasteiger partial charge in [-0.2, -0.15) is 13.2 Å². The maximum absolute atomic E-state index is 11.9. The van der Waals surface area contributed by atoms with Gasteiger partial charge < -0.3 is 10.1 Å². The molecule has 5 heteroatoms. The van der Waals surface area contributed by atoms with E-state index in [1.165, 1.54) is 0 Å². The van der Waals surface area contributed by atoms with E-state index in [-0.39, 0.29) is 12.6 Å². The van der Waals surface area contributed by atoms with Gasteiger partial charge in [-0.1, -0.05) is 20.8 Å². The Morgan fingerprint density at radius 3 is 2.29 bits per heavy atom. The van der Waals surface area contributed by atoms with Crippen LogP contribution in [0.15, 0.2) is 0 Å². The Labute approximate surface area is 102 Å². The average Bonchev–Trinajstić information content (AvgIpc) is 2.19. The van der Waals surface area contributed by atoms with Gasteiger partial charge in [0.2, 0.25) is 0 Å². The lowest BCUT2D eigenvalue weighted by molar-refractivity contribution is -0.175. The summed E-state index contributed by atoms with van der Waals surface area (Å²) in [6.45, 7) is 6.04. The molecule has 0 aliphatic rings. The topological polar surface area (TPSA) is 21.3 Å². The number of nitrogens with one attached hydrogen (secondary N) is 1. The minimum atomic E-state index is -4.23. The van der Waals surface area contributed by atoms with E-state index < -0.39 is 12.8 Å². The van der Waals surface area contributed by atoms with Crippen molar-refractivity contribution in [1.29, 1.82) is 0 Å². The van der Waals surface area contributed by atoms with Gasteiger partial charge in [-0.25, -0.2) is 0 Å². The molecule has 0 saturated heterocycles. The SMILES string of the molecule is CCCNC(CCC(C)C)COCC(F)(F)F. The third kappa shape index (κ3) is 12.0. The van der Waals surface area contributed by atoms with Crippen LogP contribution in [0.1, 0.15) is 40.0 Å². The summed E-state index contributed by atoms with van der Waals surface area (Å²) >= 11 is 0. The fourth-order valence-corrected chi connectivity index (χ4v) is 1.44. The molecule has 0 saturated carbocycles. The number of halogens is 3. The van der Waals surface area contributed by atoms with E-state index >= 15 is 0 Å². The first-order chi connectivity index (χ1) is 7.85. The molecule has 0 bridgehead atoms. The predicted molar refractivity (Wildman–Crippen MR) is 63.0 cm³/mol. The van der Waals surface area contributed by atoms with Gasteiger partial charge in [0.15, 0.2) is 0 Å². The van der Waals surface area contributed by atoms with Crippen molar-refractivity contribution in [2.75, 3.05) is 19.8 Å². The van der Waals surface area contributed by atoms with Crippen LogP contribution < -0.4 is 5.32 Å². The molecule has 0 amide bonds. The maximum atomic E-state index is 11.9. The van der Waals surface area contributed by atoms with Crippen molar-refractivity contribution in [3.8, 4) is 0 Å². The summed E-state index contributed by atoms with van der Waals surface area (Å²) in [5, 5.41) is 3.22. The Bertz CT molecular complexity index is 183. The van der Waals surface area contributed by atoms with Crippen LogP contribution in [0.5, 0.6) is 0 Å². The molecule has 17 heavy (non-hydrogen) atoms. The number of hydrogen-bond donors (Lipinski definition) is 1. The van der Waals surface area contributed by atoms with E-state index in [1.807, 2.05) is 6.92 Å². The molecule has 0 radical (unpaired) electrons. The van der Waals surface area contributed by atoms with E-state index in [0.717, 1.165) is 25.8 Å². The summed E-state index contributed by atoms with van der Waals surface area (Å²) in [4.78, 5) is 0. The molecule has 0 rings (SSSR count). The lowest BCUT2D eigenvalue weighted by Gasteiger charge is -2.20. The largest absolute Gasteiger partial charge is 0.411 e. The van der Waals surface area contributed by atoms with Crippen molar-refractivity contribution in [1.82, 2.24) is 5.32 Å². The van der Waals surface area contributed by atoms with Gasteiger partial charge in [0.1, 0.15) is 6.61 Å². The van der Waals surface area contributed by atoms with Crippen molar-refractivity contribution in [2.24, 2.45) is 5.92 Å². The van der Waals surface area contributed by atoms with Crippen LogP contribution in [-0.4, -0.2) is 32.0 Å². The normalized spacial score (nSPS) is 14.3. The molecule has 1 N–H and O–H groups in total. The van der Waals surface area contributed by atoms with Gasteiger partial charge in [-0.15, -0.1) is 0 Å². The summed E-state index contributed by atoms with van der Waals surface area (Å²) in [7, 11) is 0. The first-order valence-corrected chi connectivity index (χ1v) is 6.23. The molecule has 104 valence electrons. The van der Waals surface area contributed by atoms with E-state index in [1.54, 1.807) is 0 Å². The molecule has 0 aromatic carbocycles. The van der Waals surface area contributed by atoms with Crippen LogP contribution >= 0.6 is 0 Å². The third-order valence-corrected chi connectivity index (χ3v) is 2.36. The summed E-state index contributed by atoms with van der Waals surface area (Å²) in [5.74, 6) is 0.559. The second-order valence-corrected chi connectivity index (χ2v) is 4.75. The number of ether oxygens (including phenoxy) is 1. The quantitative estimate of drug-likeness (QED) is 0.682. The number of hydrogen-bond acceptors (Lipinski definition) is 2. The van der Waals surface area contributed by atoms with E-state index in [2.05, 4.69) is 19.2 Å². The van der Waals surface area contributed by atoms with Crippen LogP contribution in [-0.2, 0) is 4.74 Å². The predicted octanol–water partition coefficient (Wildman–Crippen LogP) is 3.37. The number of alkyl halides is 3. The zero-order chi connectivity index (χ0) is 13.3. The summed E-state index contributed by atoms with van der Waals surface area (Å²) in [5.41, 5.74) is 0. The Balaban J connectivity index is 3.84. The Hall–Kier alpha value is -0.290. The smallest absolute Gasteiger partial charge is 0.370 e. The minimum absolute atomic E-state index is 0.0275. The van der Waals surface area contributed by atoms with Crippen molar-refractivity contribution in [2.45, 2.75) is 52.3 Å². The highest BCUT2D eigenvalue weighted by Gasteiger charge is 2.27. The summed E-state index contributed by atoms with van der Waals surface area (Å²) in [6, 6.07) is 0.0275. The highest BCUT2D eigenvalue weighted by molar-refractivity contribution is 4.67. The zero-order valence-corrected chi connectivity index (χ0v) is 10.9. The molecule has 1 unspecified atom stereocenters. The van der Waals surface area contributed by atoms with Crippen molar-refractivity contribution >= 4 is 0 Å². The summed E-state index contributed by atoms with van der Waals surface area (Å²) < 4.78 is 40.5. The van der Waals surface area contributed by atoms with Crippen molar-refractivity contribution in [3.63, 3.8) is 0 Å². The molecule has 0 fully saturated rings. The van der Waals surface area contributed by atoms with E-state index in [9.17, 15) is 13.2 Å². The first kappa shape index (κ1) is 16.7. The molecule has 0 aromatic heterocycles. The highest BCUT2D eigenvalue weighted by Crippen LogP contribution is 2.15. The number of rotatable bonds is 9. The van der Waals surface area contributed by atoms with Gasteiger partial charge in [0.25, 0.3) is 0 Å². The van der Waals surface area contributed by atoms with Crippen molar-refractivity contribution in [3.05, 3.63) is 0 Å². The lowest BCUT2D eigenvalue weighted by Crippen LogP contribution is -2.35. The second kappa shape index (κ2) is 8.75. The van der Waals surface area contributed by atoms with Crippen molar-refractivity contribution < 1.29 is 17.9 Å². The molecule has 2 nitrogen and oxygen atoms in total. The van der Waals surface area contributed by atoms with Gasteiger partial charge in [0.05, 0.1) is 6.61 Å².